The zero-order valence-electron chi connectivity index (χ0n) is 15.9. The van der Waals surface area contributed by atoms with Gasteiger partial charge in [0.2, 0.25) is 15.9 Å². The average molecular weight is 435 g/mol. The Morgan fingerprint density at radius 1 is 1.14 bits per heavy atom. The van der Waals surface area contributed by atoms with Gasteiger partial charge in [0.15, 0.2) is 5.11 Å². The normalized spacial score (nSPS) is 15.4. The van der Waals surface area contributed by atoms with Crippen LogP contribution in [-0.2, 0) is 14.8 Å². The summed E-state index contributed by atoms with van der Waals surface area (Å²) >= 11 is 5.16. The summed E-state index contributed by atoms with van der Waals surface area (Å²) in [5, 5.41) is 5.72. The van der Waals surface area contributed by atoms with Crippen molar-refractivity contribution in [1.29, 1.82) is 0 Å². The molecule has 8 nitrogen and oxygen atoms in total. The third-order valence-electron chi connectivity index (χ3n) is 4.38. The van der Waals surface area contributed by atoms with Crippen molar-refractivity contribution < 1.29 is 17.6 Å². The zero-order valence-corrected chi connectivity index (χ0v) is 17.5. The molecule has 1 saturated heterocycles. The van der Waals surface area contributed by atoms with Crippen molar-refractivity contribution in [3.63, 3.8) is 0 Å². The Kier molecular flexibility index (Phi) is 6.68. The first-order valence-electron chi connectivity index (χ1n) is 8.95. The smallest absolute Gasteiger partial charge is 0.250 e. The summed E-state index contributed by atoms with van der Waals surface area (Å²) in [5.41, 5.74) is 1.74. The summed E-state index contributed by atoms with van der Waals surface area (Å²) in [6.07, 6.45) is 5.65. The van der Waals surface area contributed by atoms with E-state index in [1.807, 2.05) is 24.3 Å². The van der Waals surface area contributed by atoms with Gasteiger partial charge in [-0.3, -0.25) is 10.1 Å². The molecule has 1 aliphatic rings. The fraction of sp³-hybridized carbons (Fsp3) is 0.263. The second kappa shape index (κ2) is 9.21. The van der Waals surface area contributed by atoms with Crippen LogP contribution in [0.3, 0.4) is 0 Å². The van der Waals surface area contributed by atoms with Crippen LogP contribution >= 0.6 is 12.2 Å². The summed E-state index contributed by atoms with van der Waals surface area (Å²) in [6.45, 7) is 2.22. The molecule has 1 fully saturated rings. The second-order valence-corrected chi connectivity index (χ2v) is 8.88. The summed E-state index contributed by atoms with van der Waals surface area (Å²) < 4.78 is 29.8. The van der Waals surface area contributed by atoms with E-state index in [1.54, 1.807) is 18.2 Å². The molecule has 0 atom stereocenters. The molecule has 0 unspecified atom stereocenters. The van der Waals surface area contributed by atoms with Crippen LogP contribution in [0.2, 0.25) is 0 Å². The summed E-state index contributed by atoms with van der Waals surface area (Å²) in [7, 11) is -3.14. The molecule has 1 aliphatic heterocycles. The van der Waals surface area contributed by atoms with Gasteiger partial charge in [-0.1, -0.05) is 0 Å². The van der Waals surface area contributed by atoms with E-state index in [0.717, 1.165) is 11.4 Å². The SMILES string of the molecule is CS(=O)(=O)N1CCN(c2ccc(NC(=S)NC(=O)/C=C\c3ccco3)cc2)CC1. The molecule has 154 valence electrons. The Hall–Kier alpha value is -2.69. The van der Waals surface area contributed by atoms with Crippen molar-refractivity contribution in [2.75, 3.05) is 42.7 Å². The highest BCUT2D eigenvalue weighted by Gasteiger charge is 2.23. The number of sulfonamides is 1. The molecule has 0 spiro atoms. The van der Waals surface area contributed by atoms with E-state index >= 15 is 0 Å². The van der Waals surface area contributed by atoms with Gasteiger partial charge in [-0.05, 0) is 54.7 Å². The van der Waals surface area contributed by atoms with Gasteiger partial charge in [0.25, 0.3) is 0 Å². The Bertz CT molecular complexity index is 978. The zero-order chi connectivity index (χ0) is 20.9. The number of carbonyl (C=O) groups is 1. The lowest BCUT2D eigenvalue weighted by atomic mass is 10.2. The van der Waals surface area contributed by atoms with Crippen LogP contribution in [0.15, 0.2) is 53.2 Å². The topological polar surface area (TPSA) is 94.9 Å². The van der Waals surface area contributed by atoms with Gasteiger partial charge in [-0.2, -0.15) is 4.31 Å². The second-order valence-electron chi connectivity index (χ2n) is 6.49. The van der Waals surface area contributed by atoms with Crippen LogP contribution in [-0.4, -0.2) is 56.2 Å². The van der Waals surface area contributed by atoms with Crippen LogP contribution in [0.25, 0.3) is 6.08 Å². The van der Waals surface area contributed by atoms with Crippen molar-refractivity contribution in [2.45, 2.75) is 0 Å². The number of nitrogens with one attached hydrogen (secondary N) is 2. The number of piperazine rings is 1. The Labute approximate surface area is 175 Å². The molecule has 29 heavy (non-hydrogen) atoms. The molecular weight excluding hydrogens is 412 g/mol. The maximum atomic E-state index is 11.9. The predicted octanol–water partition coefficient (Wildman–Crippen LogP) is 1.89. The molecule has 0 saturated carbocycles. The molecule has 1 aromatic carbocycles. The molecule has 0 bridgehead atoms. The van der Waals surface area contributed by atoms with Gasteiger partial charge in [0.1, 0.15) is 5.76 Å². The van der Waals surface area contributed by atoms with Gasteiger partial charge in [0, 0.05) is 43.6 Å². The number of hydrogen-bond acceptors (Lipinski definition) is 6. The van der Waals surface area contributed by atoms with Crippen molar-refractivity contribution in [2.24, 2.45) is 0 Å². The van der Waals surface area contributed by atoms with E-state index in [9.17, 15) is 13.2 Å². The van der Waals surface area contributed by atoms with E-state index in [-0.39, 0.29) is 11.0 Å². The molecule has 1 amide bonds. The average Bonchev–Trinajstić information content (AvgIpc) is 3.20. The van der Waals surface area contributed by atoms with Crippen LogP contribution in [0.5, 0.6) is 0 Å². The van der Waals surface area contributed by atoms with Gasteiger partial charge in [-0.15, -0.1) is 0 Å². The predicted molar refractivity (Wildman–Crippen MR) is 117 cm³/mol. The van der Waals surface area contributed by atoms with Crippen molar-refractivity contribution >= 4 is 50.7 Å². The van der Waals surface area contributed by atoms with Gasteiger partial charge >= 0.3 is 0 Å². The van der Waals surface area contributed by atoms with Gasteiger partial charge in [-0.25, -0.2) is 8.42 Å². The third kappa shape index (κ3) is 6.14. The summed E-state index contributed by atoms with van der Waals surface area (Å²) in [4.78, 5) is 14.0. The maximum absolute atomic E-state index is 11.9. The molecule has 2 heterocycles. The molecular formula is C19H22N4O4S2. The Balaban J connectivity index is 1.49. The van der Waals surface area contributed by atoms with E-state index in [1.165, 1.54) is 22.9 Å². The largest absolute Gasteiger partial charge is 0.465 e. The van der Waals surface area contributed by atoms with Crippen LogP contribution < -0.4 is 15.5 Å². The molecule has 0 aliphatic carbocycles. The third-order valence-corrected chi connectivity index (χ3v) is 5.88. The van der Waals surface area contributed by atoms with Crippen molar-refractivity contribution in [1.82, 2.24) is 9.62 Å². The van der Waals surface area contributed by atoms with E-state index in [4.69, 9.17) is 16.6 Å². The Morgan fingerprint density at radius 3 is 2.41 bits per heavy atom. The van der Waals surface area contributed by atoms with E-state index in [2.05, 4.69) is 15.5 Å². The minimum atomic E-state index is -3.14. The molecule has 0 radical (unpaired) electrons. The highest BCUT2D eigenvalue weighted by molar-refractivity contribution is 7.88. The fourth-order valence-corrected chi connectivity index (χ4v) is 3.94. The lowest BCUT2D eigenvalue weighted by Crippen LogP contribution is -2.48. The molecule has 2 aromatic rings. The number of amides is 1. The lowest BCUT2D eigenvalue weighted by Gasteiger charge is -2.34. The fourth-order valence-electron chi connectivity index (χ4n) is 2.89. The minimum absolute atomic E-state index is 0.189. The highest BCUT2D eigenvalue weighted by atomic mass is 32.2. The van der Waals surface area contributed by atoms with Crippen LogP contribution in [0, 0.1) is 0 Å². The molecule has 1 aromatic heterocycles. The number of hydrogen-bond donors (Lipinski definition) is 2. The van der Waals surface area contributed by atoms with E-state index in [0.29, 0.717) is 31.9 Å². The molecule has 2 N–H and O–H groups in total. The number of anilines is 2. The number of furan rings is 1. The first-order valence-corrected chi connectivity index (χ1v) is 11.2. The molecule has 10 heteroatoms. The molecule has 3 rings (SSSR count). The quantitative estimate of drug-likeness (QED) is 0.548. The lowest BCUT2D eigenvalue weighted by molar-refractivity contribution is -0.115. The summed E-state index contributed by atoms with van der Waals surface area (Å²) in [6, 6.07) is 11.0. The number of carbonyl (C=O) groups excluding carboxylic acids is 1. The number of thiocarbonyl (C=S) groups is 1. The van der Waals surface area contributed by atoms with Crippen LogP contribution in [0.4, 0.5) is 11.4 Å². The highest BCUT2D eigenvalue weighted by Crippen LogP contribution is 2.20. The number of rotatable bonds is 5. The van der Waals surface area contributed by atoms with Gasteiger partial charge in [0.05, 0.1) is 12.5 Å². The number of nitrogens with zero attached hydrogens (tertiary/aromatic N) is 2. The minimum Gasteiger partial charge on any atom is -0.465 e. The summed E-state index contributed by atoms with van der Waals surface area (Å²) in [5.74, 6) is 0.214. The van der Waals surface area contributed by atoms with Crippen molar-refractivity contribution in [3.05, 3.63) is 54.5 Å². The van der Waals surface area contributed by atoms with Crippen LogP contribution in [0.1, 0.15) is 5.76 Å². The maximum Gasteiger partial charge on any atom is 0.250 e. The van der Waals surface area contributed by atoms with Gasteiger partial charge < -0.3 is 14.6 Å². The van der Waals surface area contributed by atoms with E-state index < -0.39 is 10.0 Å². The first-order chi connectivity index (χ1) is 13.8. The first kappa shape index (κ1) is 21.0. The Morgan fingerprint density at radius 2 is 1.83 bits per heavy atom. The van der Waals surface area contributed by atoms with Crippen molar-refractivity contribution in [3.8, 4) is 0 Å². The monoisotopic (exact) mass is 434 g/mol. The number of benzene rings is 1. The standard InChI is InChI=1S/C19H22N4O4S2/c1-29(25,26)23-12-10-22(11-13-23)16-6-4-15(5-7-16)20-19(28)21-18(24)9-8-17-3-2-14-27-17/h2-9,14H,10-13H2,1H3,(H2,20,21,24,28)/b9-8-.